The lowest BCUT2D eigenvalue weighted by Crippen LogP contribution is -2.69. The molecule has 3 aliphatic heterocycles. The number of rotatable bonds is 11. The van der Waals surface area contributed by atoms with Crippen LogP contribution in [0.25, 0.3) is 0 Å². The number of phenolic OH excluding ortho intramolecular Hbond substituents is 1. The number of aryl methyl sites for hydroxylation is 1. The Hall–Kier alpha value is -3.59. The smallest absolute Gasteiger partial charge is 0.411 e. The highest BCUT2D eigenvalue weighted by molar-refractivity contribution is 6.74. The normalized spacial score (nSPS) is 19.8. The minimum Gasteiger partial charge on any atom is -0.508 e. The monoisotopic (exact) mass is 850 g/mol. The molecule has 4 atom stereocenters. The van der Waals surface area contributed by atoms with Gasteiger partial charge in [-0.15, -0.1) is 0 Å². The lowest BCUT2D eigenvalue weighted by Gasteiger charge is -2.56. The maximum atomic E-state index is 15.3. The van der Waals surface area contributed by atoms with Gasteiger partial charge < -0.3 is 43.2 Å². The van der Waals surface area contributed by atoms with Crippen LogP contribution < -0.4 is 18.9 Å². The summed E-state index contributed by atoms with van der Waals surface area (Å²) in [6.07, 6.45) is -0.830. The molecule has 0 saturated carbocycles. The summed E-state index contributed by atoms with van der Waals surface area (Å²) in [4.78, 5) is 32.6. The van der Waals surface area contributed by atoms with E-state index in [0.717, 1.165) is 16.7 Å². The van der Waals surface area contributed by atoms with E-state index in [4.69, 9.17) is 62.9 Å². The number of piperazine rings is 1. The fraction of sp³-hybridized carbons (Fsp3) is 0.500. The number of fused-ring (bicyclic) bond motifs is 5. The number of aromatic hydroxyl groups is 1. The summed E-state index contributed by atoms with van der Waals surface area (Å²) in [6, 6.07) is 8.87. The third-order valence-electron chi connectivity index (χ3n) is 11.3. The highest BCUT2D eigenvalue weighted by Crippen LogP contribution is 2.54. The molecular formula is C40H49Cl3N2O10Si. The van der Waals surface area contributed by atoms with Gasteiger partial charge in [-0.1, -0.05) is 92.0 Å². The average molecular weight is 852 g/mol. The number of phenols is 1. The summed E-state index contributed by atoms with van der Waals surface area (Å²) >= 11 is 18.2. The molecule has 3 aromatic carbocycles. The molecule has 12 nitrogen and oxygen atoms in total. The molecule has 2 N–H and O–H groups in total. The van der Waals surface area contributed by atoms with E-state index >= 15 is 4.79 Å². The summed E-state index contributed by atoms with van der Waals surface area (Å²) in [6.45, 7) is 12.9. The Labute approximate surface area is 343 Å². The van der Waals surface area contributed by atoms with Gasteiger partial charge in [0.25, 0.3) is 0 Å². The minimum absolute atomic E-state index is 0.0569. The Balaban J connectivity index is 1.60. The van der Waals surface area contributed by atoms with Crippen molar-refractivity contribution in [3.05, 3.63) is 75.8 Å². The SMILES string of the molecule is COc1c(C)cc2c(c1OCc1ccccc1)[C@H]1[C@H](CO[Si](C)(C)C(C)(C)C)N([C@@H](CO)c3cc(O)c(C)c4c3OCO4)C(=O)C(C2)N1C(=O)OCC(Cl)(Cl)Cl. The predicted molar refractivity (Wildman–Crippen MR) is 215 cm³/mol. The van der Waals surface area contributed by atoms with E-state index in [0.29, 0.717) is 39.7 Å². The van der Waals surface area contributed by atoms with Gasteiger partial charge >= 0.3 is 6.09 Å². The minimum atomic E-state index is -2.55. The number of aliphatic hydroxyl groups is 1. The molecule has 0 radical (unpaired) electrons. The van der Waals surface area contributed by atoms with Crippen LogP contribution in [0, 0.1) is 13.8 Å². The number of benzene rings is 3. The van der Waals surface area contributed by atoms with E-state index in [-0.39, 0.29) is 37.2 Å². The van der Waals surface area contributed by atoms with Crippen molar-refractivity contribution in [2.45, 2.75) is 93.7 Å². The van der Waals surface area contributed by atoms with Crippen LogP contribution in [-0.4, -0.2) is 89.9 Å². The van der Waals surface area contributed by atoms with Gasteiger partial charge in [-0.2, -0.15) is 0 Å². The summed E-state index contributed by atoms with van der Waals surface area (Å²) in [7, 11) is -1.00. The van der Waals surface area contributed by atoms with E-state index in [1.807, 2.05) is 43.3 Å². The molecule has 2 amide bonds. The molecule has 56 heavy (non-hydrogen) atoms. The molecule has 3 aromatic rings. The zero-order chi connectivity index (χ0) is 40.9. The first-order valence-corrected chi connectivity index (χ1v) is 22.4. The standard InChI is InChI=1S/C40H49Cl3N2O10Si/c1-22-14-25-15-27-37(48)44(28(17-46)26-16-30(47)23(2)34-35(26)54-21-53-34)29(19-55-56(7,8)39(3,4)5)32(45(27)38(49)52-20-40(41,42)43)31(25)36(33(22)50-6)51-18-24-12-10-9-11-13-24/h9-14,16,27-29,32,46-47H,15,17-21H2,1-8H3/t27?,28-,29-,32+/m0/s1. The number of halogens is 3. The number of alkyl halides is 3. The van der Waals surface area contributed by atoms with Crippen LogP contribution in [0.15, 0.2) is 42.5 Å². The molecule has 3 aliphatic rings. The van der Waals surface area contributed by atoms with Crippen molar-refractivity contribution in [2.75, 3.05) is 33.7 Å². The zero-order valence-electron chi connectivity index (χ0n) is 32.8. The lowest BCUT2D eigenvalue weighted by molar-refractivity contribution is -0.159. The third-order valence-corrected chi connectivity index (χ3v) is 16.2. The number of hydrogen-bond donors (Lipinski definition) is 2. The molecule has 16 heteroatoms. The quantitative estimate of drug-likeness (QED) is 0.144. The maximum absolute atomic E-state index is 15.3. The van der Waals surface area contributed by atoms with Crippen LogP contribution in [0.3, 0.4) is 0 Å². The van der Waals surface area contributed by atoms with E-state index < -0.39 is 61.5 Å². The van der Waals surface area contributed by atoms with E-state index in [2.05, 4.69) is 33.9 Å². The van der Waals surface area contributed by atoms with Gasteiger partial charge in [-0.25, -0.2) is 4.79 Å². The lowest BCUT2D eigenvalue weighted by atomic mass is 9.78. The van der Waals surface area contributed by atoms with E-state index in [1.54, 1.807) is 18.9 Å². The average Bonchev–Trinajstić information content (AvgIpc) is 3.63. The zero-order valence-corrected chi connectivity index (χ0v) is 36.1. The Morgan fingerprint density at radius 3 is 2.36 bits per heavy atom. The van der Waals surface area contributed by atoms with Crippen molar-refractivity contribution >= 4 is 55.1 Å². The fourth-order valence-corrected chi connectivity index (χ4v) is 8.68. The second-order valence-corrected chi connectivity index (χ2v) is 23.2. The van der Waals surface area contributed by atoms with Crippen LogP contribution >= 0.6 is 34.8 Å². The van der Waals surface area contributed by atoms with Crippen molar-refractivity contribution < 1.29 is 47.9 Å². The fourth-order valence-electron chi connectivity index (χ4n) is 7.50. The molecule has 6 rings (SSSR count). The molecular weight excluding hydrogens is 803 g/mol. The second-order valence-electron chi connectivity index (χ2n) is 15.9. The molecule has 0 aromatic heterocycles. The third kappa shape index (κ3) is 7.95. The van der Waals surface area contributed by atoms with Gasteiger partial charge in [0, 0.05) is 23.1 Å². The van der Waals surface area contributed by atoms with Crippen molar-refractivity contribution in [1.82, 2.24) is 9.80 Å². The second kappa shape index (κ2) is 16.0. The van der Waals surface area contributed by atoms with E-state index in [1.165, 1.54) is 11.0 Å². The summed E-state index contributed by atoms with van der Waals surface area (Å²) in [5, 5.41) is 22.1. The van der Waals surface area contributed by atoms with Gasteiger partial charge in [0.15, 0.2) is 31.3 Å². The number of methoxy groups -OCH3 is 1. The van der Waals surface area contributed by atoms with Gasteiger partial charge in [0.2, 0.25) is 16.5 Å². The van der Waals surface area contributed by atoms with Crippen molar-refractivity contribution in [2.24, 2.45) is 0 Å². The molecule has 1 fully saturated rings. The van der Waals surface area contributed by atoms with Crippen molar-refractivity contribution in [3.63, 3.8) is 0 Å². The first kappa shape index (κ1) is 42.0. The van der Waals surface area contributed by atoms with Gasteiger partial charge in [0.1, 0.15) is 25.0 Å². The molecule has 304 valence electrons. The molecule has 0 spiro atoms. The van der Waals surface area contributed by atoms with Crippen LogP contribution in [0.4, 0.5) is 4.79 Å². The number of amides is 2. The van der Waals surface area contributed by atoms with Crippen LogP contribution in [0.5, 0.6) is 28.7 Å². The van der Waals surface area contributed by atoms with Crippen LogP contribution in [0.2, 0.25) is 18.1 Å². The molecule has 2 bridgehead atoms. The Bertz CT molecular complexity index is 1970. The van der Waals surface area contributed by atoms with Gasteiger partial charge in [0.05, 0.1) is 38.4 Å². The molecule has 3 heterocycles. The Morgan fingerprint density at radius 2 is 1.73 bits per heavy atom. The van der Waals surface area contributed by atoms with Crippen molar-refractivity contribution in [1.29, 1.82) is 0 Å². The number of hydrogen-bond acceptors (Lipinski definition) is 10. The largest absolute Gasteiger partial charge is 0.508 e. The highest BCUT2D eigenvalue weighted by Gasteiger charge is 2.57. The van der Waals surface area contributed by atoms with E-state index in [9.17, 15) is 15.0 Å². The first-order chi connectivity index (χ1) is 26.3. The number of ether oxygens (including phenoxy) is 5. The van der Waals surface area contributed by atoms with Crippen molar-refractivity contribution in [3.8, 4) is 28.7 Å². The number of carbonyl (C=O) groups is 2. The maximum Gasteiger partial charge on any atom is 0.411 e. The molecule has 1 saturated heterocycles. The molecule has 0 aliphatic carbocycles. The topological polar surface area (TPSA) is 136 Å². The Kier molecular flexibility index (Phi) is 12.0. The summed E-state index contributed by atoms with van der Waals surface area (Å²) < 4.78 is 34.9. The number of carbonyl (C=O) groups excluding carboxylic acids is 2. The number of aliphatic hydroxyl groups excluding tert-OH is 1. The van der Waals surface area contributed by atoms with Gasteiger partial charge in [-0.05, 0) is 54.7 Å². The first-order valence-electron chi connectivity index (χ1n) is 18.4. The van der Waals surface area contributed by atoms with Crippen LogP contribution in [0.1, 0.15) is 66.2 Å². The predicted octanol–water partition coefficient (Wildman–Crippen LogP) is 8.07. The van der Waals surface area contributed by atoms with Crippen LogP contribution in [-0.2, 0) is 27.0 Å². The molecule has 1 unspecified atom stereocenters. The Morgan fingerprint density at radius 1 is 1.05 bits per heavy atom. The number of nitrogens with zero attached hydrogens (tertiary/aromatic N) is 2. The van der Waals surface area contributed by atoms with Gasteiger partial charge in [-0.3, -0.25) is 9.69 Å². The summed E-state index contributed by atoms with van der Waals surface area (Å²) in [5.41, 5.74) is 3.81. The summed E-state index contributed by atoms with van der Waals surface area (Å²) in [5.74, 6) is 0.860. The highest BCUT2D eigenvalue weighted by atomic mass is 35.6.